The molecule has 1 heterocycles. The van der Waals surface area contributed by atoms with E-state index in [1.165, 1.54) is 11.0 Å². The highest BCUT2D eigenvalue weighted by Crippen LogP contribution is 2.16. The van der Waals surface area contributed by atoms with Crippen molar-refractivity contribution in [2.45, 2.75) is 12.5 Å². The minimum Gasteiger partial charge on any atom is -0.480 e. The number of carboxylic acid groups (broad SMARTS) is 1. The molecule has 0 saturated carbocycles. The lowest BCUT2D eigenvalue weighted by atomic mass is 10.1. The molecule has 0 spiro atoms. The molecule has 1 aliphatic carbocycles. The number of hydrogen-bond donors (Lipinski definition) is 1. The van der Waals surface area contributed by atoms with Gasteiger partial charge in [0.15, 0.2) is 0 Å². The molecule has 1 aromatic heterocycles. The summed E-state index contributed by atoms with van der Waals surface area (Å²) in [5, 5.41) is 19.3. The molecule has 0 aromatic carbocycles. The van der Waals surface area contributed by atoms with Gasteiger partial charge in [-0.05, 0) is 29.0 Å². The third kappa shape index (κ3) is 2.51. The Morgan fingerprint density at radius 2 is 2.56 bits per heavy atom. The number of aliphatic carboxylic acids is 1. The zero-order valence-corrected chi connectivity index (χ0v) is 8.35. The van der Waals surface area contributed by atoms with Crippen molar-refractivity contribution in [2.24, 2.45) is 0 Å². The maximum absolute atomic E-state index is 10.4. The number of carbonyl (C=O) groups is 1. The maximum Gasteiger partial charge on any atom is 0.329 e. The lowest BCUT2D eigenvalue weighted by molar-refractivity contribution is -0.143. The zero-order valence-electron chi connectivity index (χ0n) is 8.35. The van der Waals surface area contributed by atoms with Gasteiger partial charge in [-0.2, -0.15) is 0 Å². The minimum atomic E-state index is -0.980. The van der Waals surface area contributed by atoms with Gasteiger partial charge >= 0.3 is 5.97 Å². The van der Waals surface area contributed by atoms with Gasteiger partial charge in [-0.3, -0.25) is 0 Å². The summed E-state index contributed by atoms with van der Waals surface area (Å²) < 4.78 is 6.66. The van der Waals surface area contributed by atoms with E-state index in [0.29, 0.717) is 6.42 Å². The Balaban J connectivity index is 2.03. The Morgan fingerprint density at radius 1 is 1.69 bits per heavy atom. The molecule has 84 valence electrons. The summed E-state index contributed by atoms with van der Waals surface area (Å²) in [7, 11) is 0. The van der Waals surface area contributed by atoms with Crippen LogP contribution in [0.15, 0.2) is 24.6 Å². The molecule has 0 saturated heterocycles. The van der Waals surface area contributed by atoms with Crippen LogP contribution in [0.25, 0.3) is 5.70 Å². The number of aromatic nitrogens is 4. The van der Waals surface area contributed by atoms with Crippen LogP contribution < -0.4 is 0 Å². The highest BCUT2D eigenvalue weighted by atomic mass is 16.5. The molecule has 0 aliphatic heterocycles. The van der Waals surface area contributed by atoms with Crippen LogP contribution in [0.3, 0.4) is 0 Å². The van der Waals surface area contributed by atoms with Crippen molar-refractivity contribution in [2.75, 3.05) is 6.61 Å². The summed E-state index contributed by atoms with van der Waals surface area (Å²) in [6, 6.07) is 0. The van der Waals surface area contributed by atoms with E-state index in [9.17, 15) is 4.79 Å². The zero-order chi connectivity index (χ0) is 11.4. The first-order chi connectivity index (χ1) is 7.75. The summed E-state index contributed by atoms with van der Waals surface area (Å²) >= 11 is 0. The fraction of sp³-hybridized carbons (Fsp3) is 0.333. The van der Waals surface area contributed by atoms with Gasteiger partial charge in [-0.25, -0.2) is 9.48 Å². The molecule has 7 nitrogen and oxygen atoms in total. The second-order valence-corrected chi connectivity index (χ2v) is 3.23. The Bertz CT molecular complexity index is 424. The molecule has 1 atom stereocenters. The quantitative estimate of drug-likeness (QED) is 0.767. The topological polar surface area (TPSA) is 90.1 Å². The van der Waals surface area contributed by atoms with Gasteiger partial charge in [0.2, 0.25) is 0 Å². The molecular weight excluding hydrogens is 212 g/mol. The molecule has 7 heteroatoms. The highest BCUT2D eigenvalue weighted by Gasteiger charge is 2.12. The van der Waals surface area contributed by atoms with Gasteiger partial charge in [-0.15, -0.1) is 5.10 Å². The first-order valence-corrected chi connectivity index (χ1v) is 4.71. The number of hydrogen-bond acceptors (Lipinski definition) is 5. The van der Waals surface area contributed by atoms with Gasteiger partial charge in [0.1, 0.15) is 12.9 Å². The number of nitrogens with zero attached hydrogens (tertiary/aromatic N) is 4. The van der Waals surface area contributed by atoms with Crippen molar-refractivity contribution in [3.05, 3.63) is 24.6 Å². The summed E-state index contributed by atoms with van der Waals surface area (Å²) in [4.78, 5) is 10.4. The van der Waals surface area contributed by atoms with Gasteiger partial charge in [0.25, 0.3) is 0 Å². The molecule has 0 fully saturated rings. The average molecular weight is 222 g/mol. The van der Waals surface area contributed by atoms with E-state index in [1.807, 2.05) is 12.2 Å². The van der Waals surface area contributed by atoms with Crippen molar-refractivity contribution in [3.63, 3.8) is 0 Å². The van der Waals surface area contributed by atoms with Crippen LogP contribution >= 0.6 is 0 Å². The first-order valence-electron chi connectivity index (χ1n) is 4.71. The van der Waals surface area contributed by atoms with Crippen molar-refractivity contribution in [1.29, 1.82) is 0 Å². The minimum absolute atomic E-state index is 0.250. The molecule has 0 amide bonds. The maximum atomic E-state index is 10.4. The van der Waals surface area contributed by atoms with Crippen LogP contribution in [0.5, 0.6) is 0 Å². The third-order valence-electron chi connectivity index (χ3n) is 2.05. The third-order valence-corrected chi connectivity index (χ3v) is 2.05. The Morgan fingerprint density at radius 3 is 3.25 bits per heavy atom. The predicted molar refractivity (Wildman–Crippen MR) is 53.2 cm³/mol. The van der Waals surface area contributed by atoms with Gasteiger partial charge in [-0.1, -0.05) is 6.08 Å². The van der Waals surface area contributed by atoms with Crippen LogP contribution in [-0.2, 0) is 9.53 Å². The Hall–Kier alpha value is -2.02. The average Bonchev–Trinajstić information content (AvgIpc) is 2.80. The number of allylic oxidation sites excluding steroid dienone is 2. The van der Waals surface area contributed by atoms with Crippen LogP contribution in [0, 0.1) is 0 Å². The summed E-state index contributed by atoms with van der Waals surface area (Å²) in [5.74, 6) is -0.980. The molecular formula is C9H10N4O3. The van der Waals surface area contributed by atoms with Crippen LogP contribution in [0.1, 0.15) is 6.42 Å². The highest BCUT2D eigenvalue weighted by molar-refractivity contribution is 5.68. The lowest BCUT2D eigenvalue weighted by Gasteiger charge is -2.15. The smallest absolute Gasteiger partial charge is 0.329 e. The van der Waals surface area contributed by atoms with E-state index in [2.05, 4.69) is 15.5 Å². The standard InChI is InChI=1S/C9H10N4O3/c14-9(15)5-16-8-3-1-2-7(4-8)13-6-10-11-12-13/h1-2,4,6,8H,3,5H2,(H,14,15). The monoisotopic (exact) mass is 222 g/mol. The molecule has 1 N–H and O–H groups in total. The Labute approximate surface area is 91.0 Å². The molecule has 1 aromatic rings. The summed E-state index contributed by atoms with van der Waals surface area (Å²) in [5.41, 5.74) is 0.770. The van der Waals surface area contributed by atoms with Gasteiger partial charge in [0, 0.05) is 0 Å². The van der Waals surface area contributed by atoms with Crippen LogP contribution in [0.2, 0.25) is 0 Å². The number of tetrazole rings is 1. The van der Waals surface area contributed by atoms with Crippen molar-refractivity contribution >= 4 is 11.7 Å². The second kappa shape index (κ2) is 4.67. The lowest BCUT2D eigenvalue weighted by Crippen LogP contribution is -2.18. The van der Waals surface area contributed by atoms with E-state index < -0.39 is 5.97 Å². The number of ether oxygens (including phenoxy) is 1. The van der Waals surface area contributed by atoms with Crippen molar-refractivity contribution in [1.82, 2.24) is 20.2 Å². The largest absolute Gasteiger partial charge is 0.480 e. The normalized spacial score (nSPS) is 19.5. The summed E-state index contributed by atoms with van der Waals surface area (Å²) in [6.45, 7) is -0.308. The van der Waals surface area contributed by atoms with E-state index in [4.69, 9.17) is 9.84 Å². The van der Waals surface area contributed by atoms with E-state index in [-0.39, 0.29) is 12.7 Å². The van der Waals surface area contributed by atoms with Crippen LogP contribution in [-0.4, -0.2) is 44.0 Å². The molecule has 0 bridgehead atoms. The van der Waals surface area contributed by atoms with E-state index in [0.717, 1.165) is 5.70 Å². The van der Waals surface area contributed by atoms with Gasteiger partial charge < -0.3 is 9.84 Å². The molecule has 0 radical (unpaired) electrons. The van der Waals surface area contributed by atoms with Gasteiger partial charge in [0.05, 0.1) is 11.8 Å². The molecule has 1 aliphatic rings. The first kappa shape index (κ1) is 10.5. The van der Waals surface area contributed by atoms with E-state index in [1.54, 1.807) is 6.08 Å². The summed E-state index contributed by atoms with van der Waals surface area (Å²) in [6.07, 6.45) is 7.41. The fourth-order valence-electron chi connectivity index (χ4n) is 1.36. The molecule has 1 unspecified atom stereocenters. The van der Waals surface area contributed by atoms with Crippen molar-refractivity contribution in [3.8, 4) is 0 Å². The molecule has 16 heavy (non-hydrogen) atoms. The fourth-order valence-corrected chi connectivity index (χ4v) is 1.36. The van der Waals surface area contributed by atoms with E-state index >= 15 is 0 Å². The molecule has 2 rings (SSSR count). The number of rotatable bonds is 4. The van der Waals surface area contributed by atoms with Crippen LogP contribution in [0.4, 0.5) is 0 Å². The number of carboxylic acids is 1. The Kier molecular flexibility index (Phi) is 3.06. The SMILES string of the molecule is O=C(O)COC1C=C(n2cnnn2)C=CC1. The second-order valence-electron chi connectivity index (χ2n) is 3.23. The predicted octanol–water partition coefficient (Wildman–Crippen LogP) is -0.0563. The van der Waals surface area contributed by atoms with Crippen molar-refractivity contribution < 1.29 is 14.6 Å².